The van der Waals surface area contributed by atoms with Gasteiger partial charge in [-0.2, -0.15) is 0 Å². The van der Waals surface area contributed by atoms with E-state index in [9.17, 15) is 9.59 Å². The average Bonchev–Trinajstić information content (AvgIpc) is 3.13. The van der Waals surface area contributed by atoms with E-state index in [4.69, 9.17) is 21.1 Å². The second-order valence-electron chi connectivity index (χ2n) is 12.7. The summed E-state index contributed by atoms with van der Waals surface area (Å²) in [5.41, 5.74) is 0.741. The zero-order chi connectivity index (χ0) is 29.4. The molecule has 40 heavy (non-hydrogen) atoms. The Labute approximate surface area is 245 Å². The maximum atomic E-state index is 15.3. The number of ether oxygens (including phenoxy) is 2. The molecule has 0 unspecified atom stereocenters. The molecule has 3 heterocycles. The largest absolute Gasteiger partial charge is 0.444 e. The van der Waals surface area contributed by atoms with Crippen molar-refractivity contribution >= 4 is 73.0 Å². The standard InChI is InChI=1S/C28H34BrClFN5O4/c1-26(2,3)39-24(37)33-17-11-28(17)8-9-36(13-28)22-14(29)12-32-23-19(22)18-20(30)15(31)10-16(21(18)34-23)35(7)25(38)40-27(4,5)6/h10,12,17H,8-9,11,13H2,1-7H3,(H,32,34)(H,33,37)/t17-,28+/m0/s1. The van der Waals surface area contributed by atoms with Gasteiger partial charge in [-0.15, -0.1) is 0 Å². The summed E-state index contributed by atoms with van der Waals surface area (Å²) in [4.78, 5) is 36.5. The third-order valence-corrected chi connectivity index (χ3v) is 8.26. The number of fused-ring (bicyclic) bond motifs is 3. The number of pyridine rings is 1. The van der Waals surface area contributed by atoms with E-state index in [1.165, 1.54) is 18.0 Å². The molecule has 3 aromatic rings. The number of aromatic amines is 1. The van der Waals surface area contributed by atoms with Gasteiger partial charge in [0.25, 0.3) is 0 Å². The Hall–Kier alpha value is -2.79. The van der Waals surface area contributed by atoms with Crippen LogP contribution in [-0.2, 0) is 9.47 Å². The maximum Gasteiger partial charge on any atom is 0.414 e. The van der Waals surface area contributed by atoms with Crippen LogP contribution in [-0.4, -0.2) is 59.5 Å². The summed E-state index contributed by atoms with van der Waals surface area (Å²) in [7, 11) is 1.53. The molecule has 5 rings (SSSR count). The lowest BCUT2D eigenvalue weighted by Crippen LogP contribution is -2.36. The van der Waals surface area contributed by atoms with E-state index in [-0.39, 0.29) is 22.2 Å². The summed E-state index contributed by atoms with van der Waals surface area (Å²) in [6.45, 7) is 12.2. The number of carbonyl (C=O) groups excluding carboxylic acids is 2. The van der Waals surface area contributed by atoms with Gasteiger partial charge in [0.1, 0.15) is 22.7 Å². The molecule has 1 saturated heterocycles. The van der Waals surface area contributed by atoms with E-state index in [2.05, 4.69) is 36.1 Å². The normalized spacial score (nSPS) is 20.9. The van der Waals surface area contributed by atoms with E-state index in [0.29, 0.717) is 28.5 Å². The van der Waals surface area contributed by atoms with Crippen LogP contribution in [0.5, 0.6) is 0 Å². The molecule has 2 N–H and O–H groups in total. The van der Waals surface area contributed by atoms with Gasteiger partial charge in [-0.3, -0.25) is 4.90 Å². The van der Waals surface area contributed by atoms with Crippen LogP contribution in [0, 0.1) is 11.2 Å². The Kier molecular flexibility index (Phi) is 6.93. The van der Waals surface area contributed by atoms with Gasteiger partial charge in [-0.25, -0.2) is 19.0 Å². The minimum Gasteiger partial charge on any atom is -0.444 e. The highest BCUT2D eigenvalue weighted by molar-refractivity contribution is 9.10. The summed E-state index contributed by atoms with van der Waals surface area (Å²) in [6.07, 6.45) is 2.38. The highest BCUT2D eigenvalue weighted by Gasteiger charge is 2.58. The summed E-state index contributed by atoms with van der Waals surface area (Å²) in [5.74, 6) is -0.659. The Morgan fingerprint density at radius 2 is 1.90 bits per heavy atom. The van der Waals surface area contributed by atoms with E-state index >= 15 is 4.39 Å². The quantitative estimate of drug-likeness (QED) is 0.317. The van der Waals surface area contributed by atoms with Crippen molar-refractivity contribution in [2.75, 3.05) is 29.9 Å². The molecule has 2 amide bonds. The number of rotatable bonds is 3. The molecule has 0 radical (unpaired) electrons. The molecule has 2 aromatic heterocycles. The lowest BCUT2D eigenvalue weighted by atomic mass is 10.1. The fraction of sp³-hybridized carbons (Fsp3) is 0.536. The number of nitrogens with one attached hydrogen (secondary N) is 2. The SMILES string of the molecule is CN(C(=O)OC(C)(C)C)c1cc(F)c(Cl)c2c1[nH]c1ncc(Br)c(N3CC[C@@]4(C[C@@H]4NC(=O)OC(C)(C)C)C3)c12. The predicted octanol–water partition coefficient (Wildman–Crippen LogP) is 7.14. The molecule has 9 nitrogen and oxygen atoms in total. The van der Waals surface area contributed by atoms with Crippen molar-refractivity contribution in [2.45, 2.75) is 71.6 Å². The van der Waals surface area contributed by atoms with Crippen LogP contribution in [0.3, 0.4) is 0 Å². The second-order valence-corrected chi connectivity index (χ2v) is 14.0. The van der Waals surface area contributed by atoms with Crippen molar-refractivity contribution in [3.8, 4) is 0 Å². The molecule has 1 saturated carbocycles. The van der Waals surface area contributed by atoms with Gasteiger partial charge in [-0.1, -0.05) is 11.6 Å². The summed E-state index contributed by atoms with van der Waals surface area (Å²) in [5, 5.41) is 4.05. The highest BCUT2D eigenvalue weighted by atomic mass is 79.9. The second kappa shape index (κ2) is 9.65. The van der Waals surface area contributed by atoms with Gasteiger partial charge >= 0.3 is 12.2 Å². The first-order valence-electron chi connectivity index (χ1n) is 13.2. The number of hydrogen-bond acceptors (Lipinski definition) is 6. The van der Waals surface area contributed by atoms with Crippen LogP contribution >= 0.6 is 27.5 Å². The minimum absolute atomic E-state index is 0.0153. The third kappa shape index (κ3) is 5.30. The first-order valence-corrected chi connectivity index (χ1v) is 14.4. The van der Waals surface area contributed by atoms with E-state index in [0.717, 1.165) is 29.5 Å². The maximum absolute atomic E-state index is 15.3. The van der Waals surface area contributed by atoms with Gasteiger partial charge < -0.3 is 24.7 Å². The van der Waals surface area contributed by atoms with Crippen LogP contribution in [0.15, 0.2) is 16.7 Å². The Morgan fingerprint density at radius 1 is 1.23 bits per heavy atom. The first kappa shape index (κ1) is 28.7. The molecule has 2 aliphatic rings. The minimum atomic E-state index is -0.722. The number of carbonyl (C=O) groups is 2. The molecule has 0 bridgehead atoms. The number of amides is 2. The van der Waals surface area contributed by atoms with Crippen LogP contribution in [0.1, 0.15) is 54.4 Å². The monoisotopic (exact) mass is 637 g/mol. The first-order chi connectivity index (χ1) is 18.5. The van der Waals surface area contributed by atoms with Crippen molar-refractivity contribution in [2.24, 2.45) is 5.41 Å². The smallest absolute Gasteiger partial charge is 0.414 e. The number of H-pyrrole nitrogens is 1. The Balaban J connectivity index is 1.52. The number of aromatic nitrogens is 2. The van der Waals surface area contributed by atoms with Crippen molar-refractivity contribution in [3.05, 3.63) is 27.6 Å². The van der Waals surface area contributed by atoms with Gasteiger partial charge in [0.2, 0.25) is 0 Å². The zero-order valence-corrected chi connectivity index (χ0v) is 26.0. The predicted molar refractivity (Wildman–Crippen MR) is 158 cm³/mol. The molecule has 1 aromatic carbocycles. The molecule has 2 fully saturated rings. The van der Waals surface area contributed by atoms with Crippen LogP contribution in [0.25, 0.3) is 21.9 Å². The number of halogens is 3. The van der Waals surface area contributed by atoms with Crippen molar-refractivity contribution in [1.82, 2.24) is 15.3 Å². The molecule has 12 heteroatoms. The molecule has 1 spiro atoms. The van der Waals surface area contributed by atoms with Crippen LogP contribution < -0.4 is 15.1 Å². The lowest BCUT2D eigenvalue weighted by Gasteiger charge is -2.25. The average molecular weight is 639 g/mol. The molecule has 216 valence electrons. The highest BCUT2D eigenvalue weighted by Crippen LogP contribution is 2.55. The molecular weight excluding hydrogens is 605 g/mol. The van der Waals surface area contributed by atoms with Crippen LogP contribution in [0.4, 0.5) is 25.4 Å². The molecule has 1 aliphatic carbocycles. The lowest BCUT2D eigenvalue weighted by molar-refractivity contribution is 0.0515. The number of benzene rings is 1. The van der Waals surface area contributed by atoms with Crippen molar-refractivity contribution in [1.29, 1.82) is 0 Å². The zero-order valence-electron chi connectivity index (χ0n) is 23.7. The topological polar surface area (TPSA) is 99.8 Å². The van der Waals surface area contributed by atoms with Crippen molar-refractivity contribution < 1.29 is 23.5 Å². The Morgan fingerprint density at radius 3 is 2.55 bits per heavy atom. The third-order valence-electron chi connectivity index (χ3n) is 7.31. The van der Waals surface area contributed by atoms with Crippen molar-refractivity contribution in [3.63, 3.8) is 0 Å². The summed E-state index contributed by atoms with van der Waals surface area (Å²) in [6, 6.07) is 1.24. The fourth-order valence-electron chi connectivity index (χ4n) is 5.44. The van der Waals surface area contributed by atoms with E-state index in [1.54, 1.807) is 27.0 Å². The summed E-state index contributed by atoms with van der Waals surface area (Å²) >= 11 is 10.3. The molecular formula is C28H34BrClFN5O4. The van der Waals surface area contributed by atoms with Gasteiger partial charge in [-0.05, 0) is 70.3 Å². The van der Waals surface area contributed by atoms with Crippen LogP contribution in [0.2, 0.25) is 5.02 Å². The Bertz CT molecular complexity index is 1530. The van der Waals surface area contributed by atoms with Gasteiger partial charge in [0.15, 0.2) is 0 Å². The number of alkyl carbamates (subject to hydrolysis) is 1. The molecule has 1 aliphatic heterocycles. The molecule has 2 atom stereocenters. The number of nitrogens with zero attached hydrogens (tertiary/aromatic N) is 3. The summed E-state index contributed by atoms with van der Waals surface area (Å²) < 4.78 is 27.0. The van der Waals surface area contributed by atoms with E-state index in [1.807, 2.05) is 20.8 Å². The number of hydrogen-bond donors (Lipinski definition) is 2. The fourth-order valence-corrected chi connectivity index (χ4v) is 6.24. The number of anilines is 2. The van der Waals surface area contributed by atoms with Gasteiger partial charge in [0, 0.05) is 49.2 Å². The van der Waals surface area contributed by atoms with Gasteiger partial charge in [0.05, 0.1) is 31.8 Å². The van der Waals surface area contributed by atoms with E-state index < -0.39 is 29.2 Å².